The number of para-hydroxylation sites is 1. The van der Waals surface area contributed by atoms with Gasteiger partial charge in [0.25, 0.3) is 0 Å². The standard InChI is InChI=1S/C25H27ClN2O2/c26-21-9-6-10-22(17-21)28-15-13-27(14-16-28)18-23(29)19-30-25-12-5-4-11-24(25)20-7-2-1-3-8-20/h1-12,17,23,29H,13-16,18-19H2/t23-/m0/s1. The minimum Gasteiger partial charge on any atom is -0.490 e. The topological polar surface area (TPSA) is 35.9 Å². The quantitative estimate of drug-likeness (QED) is 0.605. The Bertz CT molecular complexity index is 943. The number of anilines is 1. The first-order valence-corrected chi connectivity index (χ1v) is 10.7. The number of β-amino-alcohol motifs (C(OH)–C–C–N with tert-alkyl or cyclic N) is 1. The molecule has 1 N–H and O–H groups in total. The van der Waals surface area contributed by atoms with E-state index in [0.717, 1.165) is 53.8 Å². The molecule has 3 aromatic rings. The molecule has 0 spiro atoms. The summed E-state index contributed by atoms with van der Waals surface area (Å²) in [5.74, 6) is 0.800. The average Bonchev–Trinajstić information content (AvgIpc) is 2.79. The van der Waals surface area contributed by atoms with Gasteiger partial charge in [-0.05, 0) is 29.8 Å². The van der Waals surface area contributed by atoms with Crippen LogP contribution in [0.1, 0.15) is 0 Å². The normalized spacial score (nSPS) is 15.7. The number of halogens is 1. The summed E-state index contributed by atoms with van der Waals surface area (Å²) in [7, 11) is 0. The van der Waals surface area contributed by atoms with Crippen LogP contribution in [0.3, 0.4) is 0 Å². The van der Waals surface area contributed by atoms with Gasteiger partial charge in [0.15, 0.2) is 0 Å². The van der Waals surface area contributed by atoms with Crippen LogP contribution in [-0.4, -0.2) is 55.4 Å². The van der Waals surface area contributed by atoms with E-state index in [0.29, 0.717) is 6.54 Å². The Kier molecular flexibility index (Phi) is 6.90. The van der Waals surface area contributed by atoms with Gasteiger partial charge in [-0.1, -0.05) is 66.2 Å². The first kappa shape index (κ1) is 20.7. The van der Waals surface area contributed by atoms with Gasteiger partial charge in [-0.2, -0.15) is 0 Å². The third kappa shape index (κ3) is 5.33. The van der Waals surface area contributed by atoms with Gasteiger partial charge in [0, 0.05) is 49.0 Å². The lowest BCUT2D eigenvalue weighted by atomic mass is 10.1. The number of ether oxygens (including phenoxy) is 1. The number of aliphatic hydroxyl groups is 1. The number of aliphatic hydroxyl groups excluding tert-OH is 1. The fraction of sp³-hybridized carbons (Fsp3) is 0.280. The van der Waals surface area contributed by atoms with Gasteiger partial charge in [0.05, 0.1) is 0 Å². The molecular weight excluding hydrogens is 396 g/mol. The summed E-state index contributed by atoms with van der Waals surface area (Å²) in [6.07, 6.45) is -0.536. The van der Waals surface area contributed by atoms with Crippen LogP contribution in [0, 0.1) is 0 Å². The zero-order chi connectivity index (χ0) is 20.8. The number of nitrogens with zero attached hydrogens (tertiary/aromatic N) is 2. The van der Waals surface area contributed by atoms with E-state index in [1.54, 1.807) is 0 Å². The molecule has 4 nitrogen and oxygen atoms in total. The van der Waals surface area contributed by atoms with E-state index < -0.39 is 6.10 Å². The molecule has 0 bridgehead atoms. The second-order valence-corrected chi connectivity index (χ2v) is 8.03. The zero-order valence-corrected chi connectivity index (χ0v) is 17.7. The van der Waals surface area contributed by atoms with Crippen molar-refractivity contribution in [3.05, 3.63) is 83.9 Å². The molecule has 30 heavy (non-hydrogen) atoms. The number of hydrogen-bond acceptors (Lipinski definition) is 4. The molecule has 4 rings (SSSR count). The third-order valence-electron chi connectivity index (χ3n) is 5.42. The fourth-order valence-electron chi connectivity index (χ4n) is 3.85. The van der Waals surface area contributed by atoms with Crippen LogP contribution in [0.5, 0.6) is 5.75 Å². The maximum Gasteiger partial charge on any atom is 0.127 e. The average molecular weight is 423 g/mol. The van der Waals surface area contributed by atoms with Crippen molar-refractivity contribution in [1.29, 1.82) is 0 Å². The largest absolute Gasteiger partial charge is 0.490 e. The summed E-state index contributed by atoms with van der Waals surface area (Å²) >= 11 is 6.11. The van der Waals surface area contributed by atoms with Gasteiger partial charge in [-0.25, -0.2) is 0 Å². The van der Waals surface area contributed by atoms with Gasteiger partial charge in [-0.3, -0.25) is 4.90 Å². The molecule has 0 aliphatic carbocycles. The number of benzene rings is 3. The monoisotopic (exact) mass is 422 g/mol. The molecule has 1 saturated heterocycles. The van der Waals surface area contributed by atoms with Gasteiger partial charge < -0.3 is 14.7 Å². The highest BCUT2D eigenvalue weighted by atomic mass is 35.5. The lowest BCUT2D eigenvalue weighted by Gasteiger charge is -2.37. The predicted octanol–water partition coefficient (Wildman–Crippen LogP) is 4.57. The van der Waals surface area contributed by atoms with Gasteiger partial charge >= 0.3 is 0 Å². The van der Waals surface area contributed by atoms with Crippen LogP contribution >= 0.6 is 11.6 Å². The summed E-state index contributed by atoms with van der Waals surface area (Å²) in [6.45, 7) is 4.54. The van der Waals surface area contributed by atoms with Crippen molar-refractivity contribution in [2.45, 2.75) is 6.10 Å². The summed E-state index contributed by atoms with van der Waals surface area (Å²) in [6, 6.07) is 26.1. The maximum atomic E-state index is 10.5. The Labute approximate surface area is 183 Å². The molecular formula is C25H27ClN2O2. The van der Waals surface area contributed by atoms with E-state index in [2.05, 4.69) is 28.0 Å². The van der Waals surface area contributed by atoms with Crippen molar-refractivity contribution in [3.63, 3.8) is 0 Å². The van der Waals surface area contributed by atoms with Crippen molar-refractivity contribution in [1.82, 2.24) is 4.90 Å². The lowest BCUT2D eigenvalue weighted by Crippen LogP contribution is -2.49. The van der Waals surface area contributed by atoms with Crippen LogP contribution in [0.4, 0.5) is 5.69 Å². The smallest absolute Gasteiger partial charge is 0.127 e. The Morgan fingerprint density at radius 3 is 2.37 bits per heavy atom. The first-order valence-electron chi connectivity index (χ1n) is 10.4. The molecule has 0 unspecified atom stereocenters. The fourth-order valence-corrected chi connectivity index (χ4v) is 4.03. The molecule has 0 radical (unpaired) electrons. The molecule has 0 saturated carbocycles. The van der Waals surface area contributed by atoms with Crippen LogP contribution in [0.2, 0.25) is 5.02 Å². The minimum absolute atomic E-state index is 0.276. The summed E-state index contributed by atoms with van der Waals surface area (Å²) in [5.41, 5.74) is 3.31. The Morgan fingerprint density at radius 1 is 0.867 bits per heavy atom. The highest BCUT2D eigenvalue weighted by Gasteiger charge is 2.20. The summed E-state index contributed by atoms with van der Waals surface area (Å²) in [4.78, 5) is 4.62. The molecule has 3 aromatic carbocycles. The van der Waals surface area contributed by atoms with E-state index in [-0.39, 0.29) is 6.61 Å². The molecule has 1 fully saturated rings. The van der Waals surface area contributed by atoms with E-state index in [4.69, 9.17) is 16.3 Å². The van der Waals surface area contributed by atoms with Crippen molar-refractivity contribution < 1.29 is 9.84 Å². The van der Waals surface area contributed by atoms with E-state index >= 15 is 0 Å². The molecule has 0 aromatic heterocycles. The molecule has 1 heterocycles. The minimum atomic E-state index is -0.536. The van der Waals surface area contributed by atoms with Gasteiger partial charge in [0.1, 0.15) is 18.5 Å². The third-order valence-corrected chi connectivity index (χ3v) is 5.65. The Morgan fingerprint density at radius 2 is 1.60 bits per heavy atom. The SMILES string of the molecule is O[C@H](COc1ccccc1-c1ccccc1)CN1CCN(c2cccc(Cl)c2)CC1. The van der Waals surface area contributed by atoms with Crippen LogP contribution in [0.15, 0.2) is 78.9 Å². The van der Waals surface area contributed by atoms with E-state index in [1.807, 2.05) is 60.7 Å². The zero-order valence-electron chi connectivity index (χ0n) is 17.0. The Hall–Kier alpha value is -2.53. The molecule has 1 aliphatic heterocycles. The number of piperazine rings is 1. The number of rotatable bonds is 7. The van der Waals surface area contributed by atoms with Crippen molar-refractivity contribution >= 4 is 17.3 Å². The summed E-state index contributed by atoms with van der Waals surface area (Å²) < 4.78 is 6.00. The van der Waals surface area contributed by atoms with E-state index in [1.165, 1.54) is 0 Å². The number of hydrogen-bond donors (Lipinski definition) is 1. The van der Waals surface area contributed by atoms with Gasteiger partial charge in [0.2, 0.25) is 0 Å². The van der Waals surface area contributed by atoms with E-state index in [9.17, 15) is 5.11 Å². The molecule has 1 aliphatic rings. The lowest BCUT2D eigenvalue weighted by molar-refractivity contribution is 0.0665. The second kappa shape index (κ2) is 9.98. The van der Waals surface area contributed by atoms with Crippen molar-refractivity contribution in [2.75, 3.05) is 44.2 Å². The predicted molar refractivity (Wildman–Crippen MR) is 123 cm³/mol. The van der Waals surface area contributed by atoms with Crippen molar-refractivity contribution in [3.8, 4) is 16.9 Å². The van der Waals surface area contributed by atoms with Crippen LogP contribution in [0.25, 0.3) is 11.1 Å². The van der Waals surface area contributed by atoms with Crippen molar-refractivity contribution in [2.24, 2.45) is 0 Å². The first-order chi connectivity index (χ1) is 14.7. The van der Waals surface area contributed by atoms with Crippen LogP contribution < -0.4 is 9.64 Å². The second-order valence-electron chi connectivity index (χ2n) is 7.59. The molecule has 156 valence electrons. The maximum absolute atomic E-state index is 10.5. The van der Waals surface area contributed by atoms with Gasteiger partial charge in [-0.15, -0.1) is 0 Å². The highest BCUT2D eigenvalue weighted by Crippen LogP contribution is 2.29. The summed E-state index contributed by atoms with van der Waals surface area (Å²) in [5, 5.41) is 11.3. The highest BCUT2D eigenvalue weighted by molar-refractivity contribution is 6.30. The molecule has 5 heteroatoms. The molecule has 0 amide bonds. The Balaban J connectivity index is 1.28. The molecule has 1 atom stereocenters. The van der Waals surface area contributed by atoms with Crippen LogP contribution in [-0.2, 0) is 0 Å².